The van der Waals surface area contributed by atoms with E-state index < -0.39 is 11.6 Å². The lowest BCUT2D eigenvalue weighted by Crippen LogP contribution is -2.38. The summed E-state index contributed by atoms with van der Waals surface area (Å²) in [5.74, 6) is -1.66. The smallest absolute Gasteiger partial charge is 0.275 e. The van der Waals surface area contributed by atoms with Gasteiger partial charge in [0.15, 0.2) is 0 Å². The molecule has 0 bridgehead atoms. The average Bonchev–Trinajstić information content (AvgIpc) is 3.48. The number of amides is 1. The number of carbonyl (C=O) groups is 1. The fraction of sp³-hybridized carbons (Fsp3) is 0.250. The highest BCUT2D eigenvalue weighted by atomic mass is 19.1. The fourth-order valence-corrected chi connectivity index (χ4v) is 3.10. The predicted molar refractivity (Wildman–Crippen MR) is 95.9 cm³/mol. The molecule has 5 nitrogen and oxygen atoms in total. The molecule has 138 valence electrons. The van der Waals surface area contributed by atoms with E-state index in [1.165, 1.54) is 12.1 Å². The highest BCUT2D eigenvalue weighted by Gasteiger charge is 2.33. The van der Waals surface area contributed by atoms with E-state index >= 15 is 0 Å². The Morgan fingerprint density at radius 2 is 1.96 bits per heavy atom. The highest BCUT2D eigenvalue weighted by molar-refractivity contribution is 5.81. The van der Waals surface area contributed by atoms with Crippen molar-refractivity contribution in [2.24, 2.45) is 0 Å². The summed E-state index contributed by atoms with van der Waals surface area (Å²) in [6.07, 6.45) is 3.20. The molecule has 0 aliphatic heterocycles. The van der Waals surface area contributed by atoms with E-state index in [0.29, 0.717) is 10.8 Å². The third-order valence-corrected chi connectivity index (χ3v) is 4.71. The van der Waals surface area contributed by atoms with E-state index in [9.17, 15) is 18.4 Å². The standard InChI is InChI=1S/C20H17F2N3O2/c21-15-6-5-14(18(22)9-15)11-24(16-7-8-16)19(26)12-25-20(27)17-4-2-1-3-13(17)10-23-25/h1-6,9-10,16H,7-8,11-12H2. The van der Waals surface area contributed by atoms with Crippen LogP contribution in [0.4, 0.5) is 8.78 Å². The number of hydrogen-bond acceptors (Lipinski definition) is 3. The molecule has 0 N–H and O–H groups in total. The number of rotatable bonds is 5. The van der Waals surface area contributed by atoms with E-state index in [-0.39, 0.29) is 36.2 Å². The van der Waals surface area contributed by atoms with Crippen LogP contribution in [0.1, 0.15) is 18.4 Å². The van der Waals surface area contributed by atoms with Crippen molar-refractivity contribution >= 4 is 16.7 Å². The molecule has 1 heterocycles. The van der Waals surface area contributed by atoms with Crippen LogP contribution in [-0.4, -0.2) is 26.6 Å². The molecule has 2 aromatic carbocycles. The quantitative estimate of drug-likeness (QED) is 0.695. The summed E-state index contributed by atoms with van der Waals surface area (Å²) in [6, 6.07) is 10.4. The molecule has 1 aromatic heterocycles. The molecule has 0 spiro atoms. The van der Waals surface area contributed by atoms with Crippen LogP contribution >= 0.6 is 0 Å². The van der Waals surface area contributed by atoms with Gasteiger partial charge in [-0.3, -0.25) is 9.59 Å². The van der Waals surface area contributed by atoms with Crippen LogP contribution in [0.3, 0.4) is 0 Å². The third kappa shape index (κ3) is 3.58. The molecule has 0 saturated heterocycles. The summed E-state index contributed by atoms with van der Waals surface area (Å²) in [5.41, 5.74) is -0.0966. The average molecular weight is 369 g/mol. The van der Waals surface area contributed by atoms with Crippen molar-refractivity contribution in [2.75, 3.05) is 0 Å². The molecule has 0 atom stereocenters. The number of halogens is 2. The summed E-state index contributed by atoms with van der Waals surface area (Å²) in [4.78, 5) is 26.9. The predicted octanol–water partition coefficient (Wildman–Crippen LogP) is 2.87. The van der Waals surface area contributed by atoms with Gasteiger partial charge in [0.2, 0.25) is 5.91 Å². The molecular formula is C20H17F2N3O2. The van der Waals surface area contributed by atoms with Crippen LogP contribution in [0.5, 0.6) is 0 Å². The number of aromatic nitrogens is 2. The van der Waals surface area contributed by atoms with Crippen LogP contribution < -0.4 is 5.56 Å². The fourth-order valence-electron chi connectivity index (χ4n) is 3.10. The maximum Gasteiger partial charge on any atom is 0.275 e. The zero-order valence-electron chi connectivity index (χ0n) is 14.4. The zero-order chi connectivity index (χ0) is 19.0. The Bertz CT molecular complexity index is 1080. The van der Waals surface area contributed by atoms with Gasteiger partial charge in [-0.05, 0) is 25.0 Å². The number of fused-ring (bicyclic) bond motifs is 1. The van der Waals surface area contributed by atoms with Crippen molar-refractivity contribution in [3.8, 4) is 0 Å². The Labute approximate surface area is 153 Å². The molecule has 7 heteroatoms. The van der Waals surface area contributed by atoms with Gasteiger partial charge in [-0.15, -0.1) is 0 Å². The van der Waals surface area contributed by atoms with Crippen molar-refractivity contribution in [1.29, 1.82) is 0 Å². The SMILES string of the molecule is O=C(Cn1ncc2ccccc2c1=O)N(Cc1ccc(F)cc1F)C1CC1. The molecule has 1 saturated carbocycles. The first kappa shape index (κ1) is 17.3. The van der Waals surface area contributed by atoms with Crippen LogP contribution in [0.15, 0.2) is 53.5 Å². The second-order valence-electron chi connectivity index (χ2n) is 6.68. The van der Waals surface area contributed by atoms with Crippen molar-refractivity contribution in [3.05, 3.63) is 76.2 Å². The maximum atomic E-state index is 14.0. The summed E-state index contributed by atoms with van der Waals surface area (Å²) < 4.78 is 28.2. The van der Waals surface area contributed by atoms with E-state index in [4.69, 9.17) is 0 Å². The third-order valence-electron chi connectivity index (χ3n) is 4.71. The molecule has 1 amide bonds. The van der Waals surface area contributed by atoms with Gasteiger partial charge >= 0.3 is 0 Å². The van der Waals surface area contributed by atoms with Crippen molar-refractivity contribution in [1.82, 2.24) is 14.7 Å². The minimum Gasteiger partial charge on any atom is -0.334 e. The second kappa shape index (κ2) is 6.90. The number of benzene rings is 2. The first-order chi connectivity index (χ1) is 13.0. The van der Waals surface area contributed by atoms with Crippen LogP contribution in [-0.2, 0) is 17.9 Å². The van der Waals surface area contributed by atoms with Crippen molar-refractivity contribution < 1.29 is 13.6 Å². The molecule has 3 aromatic rings. The molecule has 1 aliphatic carbocycles. The van der Waals surface area contributed by atoms with Crippen LogP contribution in [0.25, 0.3) is 10.8 Å². The van der Waals surface area contributed by atoms with Gasteiger partial charge in [-0.2, -0.15) is 5.10 Å². The number of nitrogens with zero attached hydrogens (tertiary/aromatic N) is 3. The molecule has 1 fully saturated rings. The molecule has 0 unspecified atom stereocenters. The monoisotopic (exact) mass is 369 g/mol. The Kier molecular flexibility index (Phi) is 4.43. The number of carbonyl (C=O) groups excluding carboxylic acids is 1. The van der Waals surface area contributed by atoms with Gasteiger partial charge in [0, 0.05) is 29.6 Å². The minimum atomic E-state index is -0.686. The van der Waals surface area contributed by atoms with E-state index in [2.05, 4.69) is 5.10 Å². The lowest BCUT2D eigenvalue weighted by molar-refractivity contribution is -0.133. The van der Waals surface area contributed by atoms with Gasteiger partial charge in [0.05, 0.1) is 11.6 Å². The Morgan fingerprint density at radius 1 is 1.19 bits per heavy atom. The number of hydrogen-bond donors (Lipinski definition) is 0. The molecule has 0 radical (unpaired) electrons. The lowest BCUT2D eigenvalue weighted by Gasteiger charge is -2.23. The molecule has 1 aliphatic rings. The maximum absolute atomic E-state index is 14.0. The van der Waals surface area contributed by atoms with Gasteiger partial charge in [0.1, 0.15) is 18.2 Å². The minimum absolute atomic E-state index is 0.0121. The molecular weight excluding hydrogens is 352 g/mol. The molecule has 4 rings (SSSR count). The highest BCUT2D eigenvalue weighted by Crippen LogP contribution is 2.29. The Hall–Kier alpha value is -3.09. The van der Waals surface area contributed by atoms with Crippen LogP contribution in [0.2, 0.25) is 0 Å². The van der Waals surface area contributed by atoms with Gasteiger partial charge < -0.3 is 4.90 Å². The van der Waals surface area contributed by atoms with Crippen LogP contribution in [0, 0.1) is 11.6 Å². The van der Waals surface area contributed by atoms with E-state index in [0.717, 1.165) is 23.6 Å². The van der Waals surface area contributed by atoms with E-state index in [1.807, 2.05) is 6.07 Å². The molecule has 27 heavy (non-hydrogen) atoms. The lowest BCUT2D eigenvalue weighted by atomic mass is 10.2. The summed E-state index contributed by atoms with van der Waals surface area (Å²) in [5, 5.41) is 5.27. The Morgan fingerprint density at radius 3 is 2.70 bits per heavy atom. The van der Waals surface area contributed by atoms with Gasteiger partial charge in [-0.1, -0.05) is 24.3 Å². The summed E-state index contributed by atoms with van der Waals surface area (Å²) in [6.45, 7) is -0.180. The van der Waals surface area contributed by atoms with E-state index in [1.54, 1.807) is 29.3 Å². The Balaban J connectivity index is 1.58. The normalized spacial score (nSPS) is 13.7. The van der Waals surface area contributed by atoms with Gasteiger partial charge in [-0.25, -0.2) is 13.5 Å². The summed E-state index contributed by atoms with van der Waals surface area (Å²) in [7, 11) is 0. The van der Waals surface area contributed by atoms with Crippen molar-refractivity contribution in [3.63, 3.8) is 0 Å². The van der Waals surface area contributed by atoms with Crippen molar-refractivity contribution in [2.45, 2.75) is 32.0 Å². The zero-order valence-corrected chi connectivity index (χ0v) is 14.4. The second-order valence-corrected chi connectivity index (χ2v) is 6.68. The first-order valence-electron chi connectivity index (χ1n) is 8.71. The largest absolute Gasteiger partial charge is 0.334 e. The summed E-state index contributed by atoms with van der Waals surface area (Å²) >= 11 is 0. The van der Waals surface area contributed by atoms with Gasteiger partial charge in [0.25, 0.3) is 5.56 Å². The first-order valence-corrected chi connectivity index (χ1v) is 8.71. The topological polar surface area (TPSA) is 55.2 Å².